The molecular formula is C17H26N2O3. The molecule has 1 aromatic carbocycles. The minimum absolute atomic E-state index is 0.0111. The van der Waals surface area contributed by atoms with Crippen LogP contribution in [0.5, 0.6) is 11.5 Å². The van der Waals surface area contributed by atoms with Crippen molar-refractivity contribution in [2.45, 2.75) is 51.7 Å². The molecule has 0 aliphatic heterocycles. The van der Waals surface area contributed by atoms with Crippen molar-refractivity contribution >= 4 is 11.6 Å². The summed E-state index contributed by atoms with van der Waals surface area (Å²) >= 11 is 0. The predicted molar refractivity (Wildman–Crippen MR) is 87.3 cm³/mol. The van der Waals surface area contributed by atoms with Crippen molar-refractivity contribution in [2.24, 2.45) is 11.7 Å². The number of hydrogen-bond acceptors (Lipinski definition) is 4. The molecule has 0 saturated heterocycles. The number of ether oxygens (including phenoxy) is 2. The van der Waals surface area contributed by atoms with E-state index in [4.69, 9.17) is 15.2 Å². The summed E-state index contributed by atoms with van der Waals surface area (Å²) in [5.41, 5.74) is 6.62. The number of rotatable bonds is 5. The van der Waals surface area contributed by atoms with Crippen LogP contribution in [-0.2, 0) is 4.79 Å². The minimum atomic E-state index is -0.0261. The molecule has 1 aromatic rings. The number of nitrogens with two attached hydrogens (primary N) is 1. The first-order chi connectivity index (χ1) is 10.5. The van der Waals surface area contributed by atoms with Gasteiger partial charge >= 0.3 is 0 Å². The van der Waals surface area contributed by atoms with E-state index in [1.807, 2.05) is 26.0 Å². The van der Waals surface area contributed by atoms with Crippen LogP contribution >= 0.6 is 0 Å². The Morgan fingerprint density at radius 1 is 1.36 bits per heavy atom. The lowest BCUT2D eigenvalue weighted by molar-refractivity contribution is -0.120. The minimum Gasteiger partial charge on any atom is -0.497 e. The van der Waals surface area contributed by atoms with Crippen LogP contribution in [0.1, 0.15) is 39.5 Å². The van der Waals surface area contributed by atoms with Crippen LogP contribution in [0.15, 0.2) is 18.2 Å². The van der Waals surface area contributed by atoms with Gasteiger partial charge in [-0.2, -0.15) is 0 Å². The van der Waals surface area contributed by atoms with Gasteiger partial charge in [0.1, 0.15) is 11.5 Å². The van der Waals surface area contributed by atoms with Crippen molar-refractivity contribution in [3.05, 3.63) is 18.2 Å². The van der Waals surface area contributed by atoms with Gasteiger partial charge in [0, 0.05) is 18.0 Å². The van der Waals surface area contributed by atoms with Crippen LogP contribution in [0, 0.1) is 5.92 Å². The number of carbonyl (C=O) groups excluding carboxylic acids is 1. The fourth-order valence-corrected chi connectivity index (χ4v) is 2.79. The monoisotopic (exact) mass is 306 g/mol. The maximum Gasteiger partial charge on any atom is 0.227 e. The molecule has 22 heavy (non-hydrogen) atoms. The highest BCUT2D eigenvalue weighted by atomic mass is 16.5. The number of benzene rings is 1. The molecule has 1 fully saturated rings. The van der Waals surface area contributed by atoms with Crippen LogP contribution in [0.3, 0.4) is 0 Å². The van der Waals surface area contributed by atoms with E-state index in [0.29, 0.717) is 17.2 Å². The van der Waals surface area contributed by atoms with Crippen LogP contribution in [0.2, 0.25) is 0 Å². The van der Waals surface area contributed by atoms with Crippen LogP contribution in [0.4, 0.5) is 5.69 Å². The molecule has 0 radical (unpaired) electrons. The number of nitrogens with one attached hydrogen (secondary N) is 1. The molecular weight excluding hydrogens is 280 g/mol. The standard InChI is InChI=1S/C17H26N2O3/c1-11(2)22-16-8-7-14(21-3)10-15(16)19-17(20)12-5-4-6-13(18)9-12/h7-8,10-13H,4-6,9,18H2,1-3H3,(H,19,20). The van der Waals surface area contributed by atoms with E-state index in [1.165, 1.54) is 0 Å². The summed E-state index contributed by atoms with van der Waals surface area (Å²) in [6, 6.07) is 5.56. The second kappa shape index (κ2) is 7.49. The molecule has 2 atom stereocenters. The van der Waals surface area contributed by atoms with Gasteiger partial charge in [-0.05, 0) is 45.2 Å². The van der Waals surface area contributed by atoms with E-state index >= 15 is 0 Å². The Morgan fingerprint density at radius 3 is 2.77 bits per heavy atom. The summed E-state index contributed by atoms with van der Waals surface area (Å²) in [4.78, 5) is 12.5. The lowest BCUT2D eigenvalue weighted by Gasteiger charge is -2.26. The zero-order valence-electron chi connectivity index (χ0n) is 13.6. The SMILES string of the molecule is COc1ccc(OC(C)C)c(NC(=O)C2CCCC(N)C2)c1. The number of methoxy groups -OCH3 is 1. The van der Waals surface area contributed by atoms with Crippen molar-refractivity contribution in [3.63, 3.8) is 0 Å². The highest BCUT2D eigenvalue weighted by Gasteiger charge is 2.26. The summed E-state index contributed by atoms with van der Waals surface area (Å²) in [6.07, 6.45) is 3.68. The molecule has 5 heteroatoms. The molecule has 1 aliphatic carbocycles. The van der Waals surface area contributed by atoms with E-state index in [2.05, 4.69) is 5.32 Å². The van der Waals surface area contributed by atoms with E-state index in [9.17, 15) is 4.79 Å². The Balaban J connectivity index is 2.13. The number of amides is 1. The van der Waals surface area contributed by atoms with Gasteiger partial charge in [0.2, 0.25) is 5.91 Å². The van der Waals surface area contributed by atoms with Crippen molar-refractivity contribution in [1.29, 1.82) is 0 Å². The number of anilines is 1. The summed E-state index contributed by atoms with van der Waals surface area (Å²) in [5.74, 6) is 1.33. The first-order valence-corrected chi connectivity index (χ1v) is 7.90. The van der Waals surface area contributed by atoms with Gasteiger partial charge in [0.05, 0.1) is 18.9 Å². The van der Waals surface area contributed by atoms with Gasteiger partial charge in [0.25, 0.3) is 0 Å². The van der Waals surface area contributed by atoms with Crippen LogP contribution in [-0.4, -0.2) is 25.2 Å². The molecule has 2 rings (SSSR count). The summed E-state index contributed by atoms with van der Waals surface area (Å²) in [7, 11) is 1.60. The largest absolute Gasteiger partial charge is 0.497 e. The summed E-state index contributed by atoms with van der Waals surface area (Å²) in [6.45, 7) is 3.91. The van der Waals surface area contributed by atoms with Crippen molar-refractivity contribution < 1.29 is 14.3 Å². The Morgan fingerprint density at radius 2 is 2.14 bits per heavy atom. The Kier molecular flexibility index (Phi) is 5.66. The molecule has 1 aliphatic rings. The first-order valence-electron chi connectivity index (χ1n) is 7.90. The first kappa shape index (κ1) is 16.6. The fraction of sp³-hybridized carbons (Fsp3) is 0.588. The molecule has 0 aromatic heterocycles. The normalized spacial score (nSPS) is 21.5. The summed E-state index contributed by atoms with van der Waals surface area (Å²) < 4.78 is 11.0. The van der Waals surface area contributed by atoms with Crippen LogP contribution in [0.25, 0.3) is 0 Å². The van der Waals surface area contributed by atoms with Gasteiger partial charge in [0.15, 0.2) is 0 Å². The Bertz CT molecular complexity index is 517. The second-order valence-electron chi connectivity index (χ2n) is 6.14. The highest BCUT2D eigenvalue weighted by Crippen LogP contribution is 2.32. The van der Waals surface area contributed by atoms with E-state index in [1.54, 1.807) is 13.2 Å². The van der Waals surface area contributed by atoms with Gasteiger partial charge in [-0.15, -0.1) is 0 Å². The van der Waals surface area contributed by atoms with Gasteiger partial charge < -0.3 is 20.5 Å². The van der Waals surface area contributed by atoms with E-state index in [-0.39, 0.29) is 24.0 Å². The van der Waals surface area contributed by atoms with Gasteiger partial charge in [-0.1, -0.05) is 6.42 Å². The third-order valence-corrected chi connectivity index (χ3v) is 3.89. The van der Waals surface area contributed by atoms with E-state index < -0.39 is 0 Å². The third-order valence-electron chi connectivity index (χ3n) is 3.89. The molecule has 1 amide bonds. The van der Waals surface area contributed by atoms with Crippen molar-refractivity contribution in [2.75, 3.05) is 12.4 Å². The lowest BCUT2D eigenvalue weighted by Crippen LogP contribution is -2.34. The van der Waals surface area contributed by atoms with Crippen molar-refractivity contribution in [3.8, 4) is 11.5 Å². The zero-order valence-corrected chi connectivity index (χ0v) is 13.6. The average Bonchev–Trinajstić information content (AvgIpc) is 2.48. The number of carbonyl (C=O) groups is 1. The second-order valence-corrected chi connectivity index (χ2v) is 6.14. The molecule has 0 bridgehead atoms. The quantitative estimate of drug-likeness (QED) is 0.877. The van der Waals surface area contributed by atoms with E-state index in [0.717, 1.165) is 25.7 Å². The molecule has 5 nitrogen and oxygen atoms in total. The van der Waals surface area contributed by atoms with Crippen molar-refractivity contribution in [1.82, 2.24) is 0 Å². The fourth-order valence-electron chi connectivity index (χ4n) is 2.79. The Labute approximate surface area is 132 Å². The smallest absolute Gasteiger partial charge is 0.227 e. The average molecular weight is 306 g/mol. The maximum absolute atomic E-state index is 12.5. The summed E-state index contributed by atoms with van der Waals surface area (Å²) in [5, 5.41) is 2.98. The number of hydrogen-bond donors (Lipinski definition) is 2. The lowest BCUT2D eigenvalue weighted by atomic mass is 9.85. The molecule has 122 valence electrons. The van der Waals surface area contributed by atoms with Crippen LogP contribution < -0.4 is 20.5 Å². The predicted octanol–water partition coefficient (Wildman–Crippen LogP) is 2.94. The Hall–Kier alpha value is -1.75. The van der Waals surface area contributed by atoms with Gasteiger partial charge in [-0.3, -0.25) is 4.79 Å². The maximum atomic E-state index is 12.5. The highest BCUT2D eigenvalue weighted by molar-refractivity contribution is 5.94. The zero-order chi connectivity index (χ0) is 16.1. The molecule has 1 saturated carbocycles. The molecule has 2 unspecified atom stereocenters. The molecule has 3 N–H and O–H groups in total. The van der Waals surface area contributed by atoms with Gasteiger partial charge in [-0.25, -0.2) is 0 Å². The topological polar surface area (TPSA) is 73.6 Å². The molecule has 0 spiro atoms. The molecule has 0 heterocycles. The third kappa shape index (κ3) is 4.37.